The van der Waals surface area contributed by atoms with E-state index >= 15 is 0 Å². The number of amides is 1. The monoisotopic (exact) mass is 323 g/mol. The van der Waals surface area contributed by atoms with Gasteiger partial charge in [-0.15, -0.1) is 0 Å². The highest BCUT2D eigenvalue weighted by Gasteiger charge is 2.16. The lowest BCUT2D eigenvalue weighted by molar-refractivity contribution is -0.121. The Kier molecular flexibility index (Phi) is 5.90. The summed E-state index contributed by atoms with van der Waals surface area (Å²) in [7, 11) is 0. The van der Waals surface area contributed by atoms with Crippen molar-refractivity contribution in [3.8, 4) is 0 Å². The molecule has 0 heterocycles. The molecular weight excluding hydrogens is 302 g/mol. The third kappa shape index (κ3) is 4.98. The smallest absolute Gasteiger partial charge is 0.220 e. The number of hydrogen-bond acceptors (Lipinski definition) is 1. The zero-order valence-corrected chi connectivity index (χ0v) is 12.9. The Morgan fingerprint density at radius 1 is 1.26 bits per heavy atom. The van der Waals surface area contributed by atoms with Crippen molar-refractivity contribution >= 4 is 21.8 Å². The van der Waals surface area contributed by atoms with E-state index in [-0.39, 0.29) is 10.7 Å². The third-order valence-corrected chi connectivity index (χ3v) is 4.75. The topological polar surface area (TPSA) is 29.1 Å². The van der Waals surface area contributed by atoms with Crippen LogP contribution in [0.3, 0.4) is 0 Å². The molecule has 1 atom stereocenters. The minimum Gasteiger partial charge on any atom is -0.355 e. The second-order valence-corrected chi connectivity index (χ2v) is 6.48. The van der Waals surface area contributed by atoms with Crippen molar-refractivity contribution in [1.82, 2.24) is 5.32 Å². The van der Waals surface area contributed by atoms with Gasteiger partial charge in [0, 0.05) is 13.0 Å². The third-order valence-electron chi connectivity index (χ3n) is 3.89. The van der Waals surface area contributed by atoms with Crippen LogP contribution in [-0.4, -0.2) is 12.5 Å². The van der Waals surface area contributed by atoms with E-state index in [2.05, 4.69) is 33.4 Å². The number of rotatable bonds is 6. The standard InChI is InChI=1S/C16H22BrNO/c17-15(14-8-2-1-3-9-14)12-18-16(19)11-10-13-6-4-5-7-13/h1-3,8-9,13,15H,4-7,10-12H2,(H,18,19). The lowest BCUT2D eigenvalue weighted by atomic mass is 10.0. The molecule has 2 nitrogen and oxygen atoms in total. The predicted octanol–water partition coefficient (Wildman–Crippen LogP) is 4.21. The highest BCUT2D eigenvalue weighted by atomic mass is 79.9. The maximum Gasteiger partial charge on any atom is 0.220 e. The maximum absolute atomic E-state index is 11.8. The van der Waals surface area contributed by atoms with Crippen LogP contribution in [0.4, 0.5) is 0 Å². The van der Waals surface area contributed by atoms with Gasteiger partial charge in [-0.3, -0.25) is 4.79 Å². The Morgan fingerprint density at radius 3 is 2.63 bits per heavy atom. The van der Waals surface area contributed by atoms with Crippen molar-refractivity contribution in [2.75, 3.05) is 6.54 Å². The molecule has 104 valence electrons. The van der Waals surface area contributed by atoms with Crippen LogP contribution >= 0.6 is 15.9 Å². The fraction of sp³-hybridized carbons (Fsp3) is 0.562. The molecular formula is C16H22BrNO. The van der Waals surface area contributed by atoms with Crippen molar-refractivity contribution in [1.29, 1.82) is 0 Å². The average molecular weight is 324 g/mol. The number of halogens is 1. The van der Waals surface area contributed by atoms with Gasteiger partial charge in [0.1, 0.15) is 0 Å². The van der Waals surface area contributed by atoms with Crippen molar-refractivity contribution in [2.45, 2.75) is 43.4 Å². The zero-order valence-electron chi connectivity index (χ0n) is 11.3. The molecule has 0 aliphatic heterocycles. The van der Waals surface area contributed by atoms with Gasteiger partial charge in [0.2, 0.25) is 5.91 Å². The molecule has 0 radical (unpaired) electrons. The van der Waals surface area contributed by atoms with Gasteiger partial charge in [0.25, 0.3) is 0 Å². The zero-order chi connectivity index (χ0) is 13.5. The molecule has 0 bridgehead atoms. The molecule has 1 unspecified atom stereocenters. The quantitative estimate of drug-likeness (QED) is 0.780. The first-order valence-corrected chi connectivity index (χ1v) is 8.13. The van der Waals surface area contributed by atoms with E-state index in [1.165, 1.54) is 31.2 Å². The molecule has 1 N–H and O–H groups in total. The van der Waals surface area contributed by atoms with Crippen molar-refractivity contribution in [3.63, 3.8) is 0 Å². The summed E-state index contributed by atoms with van der Waals surface area (Å²) in [4.78, 5) is 12.0. The van der Waals surface area contributed by atoms with Gasteiger partial charge in [-0.2, -0.15) is 0 Å². The summed E-state index contributed by atoms with van der Waals surface area (Å²) in [6.07, 6.45) is 7.08. The van der Waals surface area contributed by atoms with Crippen LogP contribution in [0.1, 0.15) is 48.9 Å². The highest BCUT2D eigenvalue weighted by molar-refractivity contribution is 9.09. The van der Waals surface area contributed by atoms with Gasteiger partial charge in [-0.25, -0.2) is 0 Å². The van der Waals surface area contributed by atoms with Crippen LogP contribution in [-0.2, 0) is 4.79 Å². The molecule has 1 aliphatic rings. The van der Waals surface area contributed by atoms with E-state index < -0.39 is 0 Å². The molecule has 1 aromatic rings. The second-order valence-electron chi connectivity index (χ2n) is 5.37. The van der Waals surface area contributed by atoms with E-state index in [4.69, 9.17) is 0 Å². The molecule has 1 aliphatic carbocycles. The van der Waals surface area contributed by atoms with Crippen molar-refractivity contribution in [3.05, 3.63) is 35.9 Å². The van der Waals surface area contributed by atoms with Crippen molar-refractivity contribution in [2.24, 2.45) is 5.92 Å². The van der Waals surface area contributed by atoms with Crippen molar-refractivity contribution < 1.29 is 4.79 Å². The van der Waals surface area contributed by atoms with E-state index in [9.17, 15) is 4.79 Å². The van der Waals surface area contributed by atoms with Gasteiger partial charge in [-0.1, -0.05) is 71.9 Å². The fourth-order valence-electron chi connectivity index (χ4n) is 2.71. The largest absolute Gasteiger partial charge is 0.355 e. The Bertz CT molecular complexity index is 387. The Morgan fingerprint density at radius 2 is 1.95 bits per heavy atom. The van der Waals surface area contributed by atoms with Crippen LogP contribution in [0.2, 0.25) is 0 Å². The van der Waals surface area contributed by atoms with E-state index in [1.54, 1.807) is 0 Å². The molecule has 3 heteroatoms. The molecule has 0 saturated heterocycles. The van der Waals surface area contributed by atoms with E-state index in [1.807, 2.05) is 18.2 Å². The highest BCUT2D eigenvalue weighted by Crippen LogP contribution is 2.28. The number of hydrogen-bond donors (Lipinski definition) is 1. The minimum absolute atomic E-state index is 0.187. The maximum atomic E-state index is 11.8. The summed E-state index contributed by atoms with van der Waals surface area (Å²) in [6.45, 7) is 0.660. The molecule has 19 heavy (non-hydrogen) atoms. The normalized spacial score (nSPS) is 17.3. The Hall–Kier alpha value is -0.830. The van der Waals surface area contributed by atoms with Gasteiger partial charge in [0.05, 0.1) is 4.83 Å². The summed E-state index contributed by atoms with van der Waals surface area (Å²) in [6, 6.07) is 10.2. The Labute approximate surface area is 124 Å². The molecule has 0 spiro atoms. The summed E-state index contributed by atoms with van der Waals surface area (Å²) < 4.78 is 0. The minimum atomic E-state index is 0.187. The van der Waals surface area contributed by atoms with E-state index in [0.29, 0.717) is 13.0 Å². The molecule has 0 aromatic heterocycles. The van der Waals surface area contributed by atoms with Crippen LogP contribution in [0, 0.1) is 5.92 Å². The van der Waals surface area contributed by atoms with Gasteiger partial charge in [-0.05, 0) is 17.9 Å². The van der Waals surface area contributed by atoms with Gasteiger partial charge in [0.15, 0.2) is 0 Å². The number of carbonyl (C=O) groups excluding carboxylic acids is 1. The predicted molar refractivity (Wildman–Crippen MR) is 82.3 cm³/mol. The Balaban J connectivity index is 1.65. The first-order chi connectivity index (χ1) is 9.25. The van der Waals surface area contributed by atoms with Gasteiger partial charge < -0.3 is 5.32 Å². The summed E-state index contributed by atoms with van der Waals surface area (Å²) >= 11 is 3.62. The molecule has 1 aromatic carbocycles. The fourth-order valence-corrected chi connectivity index (χ4v) is 3.17. The SMILES string of the molecule is O=C(CCC1CCCC1)NCC(Br)c1ccccc1. The number of carbonyl (C=O) groups is 1. The molecule has 1 amide bonds. The number of benzene rings is 1. The molecule has 2 rings (SSSR count). The summed E-state index contributed by atoms with van der Waals surface area (Å²) in [5.41, 5.74) is 1.21. The van der Waals surface area contributed by atoms with Crippen LogP contribution in [0.5, 0.6) is 0 Å². The lowest BCUT2D eigenvalue weighted by Gasteiger charge is -2.12. The lowest BCUT2D eigenvalue weighted by Crippen LogP contribution is -2.26. The number of alkyl halides is 1. The molecule has 1 fully saturated rings. The summed E-state index contributed by atoms with van der Waals surface area (Å²) in [5, 5.41) is 3.02. The van der Waals surface area contributed by atoms with E-state index in [0.717, 1.165) is 12.3 Å². The van der Waals surface area contributed by atoms with Crippen LogP contribution in [0.15, 0.2) is 30.3 Å². The first kappa shape index (κ1) is 14.6. The summed E-state index contributed by atoms with van der Waals surface area (Å²) in [5.74, 6) is 0.979. The number of nitrogens with one attached hydrogen (secondary N) is 1. The van der Waals surface area contributed by atoms with Crippen LogP contribution in [0.25, 0.3) is 0 Å². The first-order valence-electron chi connectivity index (χ1n) is 7.21. The second kappa shape index (κ2) is 7.68. The average Bonchev–Trinajstić information content (AvgIpc) is 2.96. The van der Waals surface area contributed by atoms with Crippen LogP contribution < -0.4 is 5.32 Å². The molecule has 1 saturated carbocycles. The van der Waals surface area contributed by atoms with Gasteiger partial charge >= 0.3 is 0 Å².